The molecular formula is C19H25N3O4. The molecule has 0 aliphatic heterocycles. The minimum atomic E-state index is -0.361. The van der Waals surface area contributed by atoms with Gasteiger partial charge < -0.3 is 25.1 Å². The lowest BCUT2D eigenvalue weighted by atomic mass is 10.1. The van der Waals surface area contributed by atoms with Crippen LogP contribution in [0.1, 0.15) is 24.7 Å². The van der Waals surface area contributed by atoms with E-state index in [1.807, 2.05) is 31.2 Å². The second kappa shape index (κ2) is 10.1. The Morgan fingerprint density at radius 1 is 1.15 bits per heavy atom. The first-order chi connectivity index (χ1) is 12.6. The summed E-state index contributed by atoms with van der Waals surface area (Å²) in [6.45, 7) is 2.14. The van der Waals surface area contributed by atoms with Gasteiger partial charge in [-0.2, -0.15) is 0 Å². The summed E-state index contributed by atoms with van der Waals surface area (Å²) in [4.78, 5) is 23.5. The van der Waals surface area contributed by atoms with Crippen molar-refractivity contribution in [2.75, 3.05) is 13.7 Å². The number of carbonyl (C=O) groups excluding carboxylic acids is 2. The summed E-state index contributed by atoms with van der Waals surface area (Å²) in [5, 5.41) is 8.04. The van der Waals surface area contributed by atoms with Crippen LogP contribution in [0.2, 0.25) is 0 Å². The Kier molecular flexibility index (Phi) is 7.54. The van der Waals surface area contributed by atoms with Gasteiger partial charge in [0, 0.05) is 6.04 Å². The molecule has 0 aliphatic rings. The third kappa shape index (κ3) is 6.88. The maximum Gasteiger partial charge on any atom is 0.315 e. The van der Waals surface area contributed by atoms with E-state index in [2.05, 4.69) is 16.0 Å². The standard InChI is InChI=1S/C19H25N3O4/c1-14(5-6-15-7-9-16(25-2)10-8-15)22-19(24)21-13-18(23)20-12-17-4-3-11-26-17/h3-4,7-11,14H,5-6,12-13H2,1-2H3,(H,20,23)(H2,21,22,24). The third-order valence-electron chi connectivity index (χ3n) is 3.85. The molecule has 7 nitrogen and oxygen atoms in total. The number of amides is 3. The first kappa shape index (κ1) is 19.4. The lowest BCUT2D eigenvalue weighted by Crippen LogP contribution is -2.44. The van der Waals surface area contributed by atoms with Crippen molar-refractivity contribution in [1.29, 1.82) is 0 Å². The summed E-state index contributed by atoms with van der Waals surface area (Å²) in [5.74, 6) is 1.21. The second-order valence-corrected chi connectivity index (χ2v) is 5.97. The molecule has 1 unspecified atom stereocenters. The topological polar surface area (TPSA) is 92.6 Å². The van der Waals surface area contributed by atoms with Crippen molar-refractivity contribution in [2.24, 2.45) is 0 Å². The molecule has 0 radical (unpaired) electrons. The van der Waals surface area contributed by atoms with Crippen LogP contribution in [0.5, 0.6) is 5.75 Å². The molecular weight excluding hydrogens is 334 g/mol. The molecule has 26 heavy (non-hydrogen) atoms. The van der Waals surface area contributed by atoms with Crippen molar-refractivity contribution in [1.82, 2.24) is 16.0 Å². The van der Waals surface area contributed by atoms with Gasteiger partial charge in [0.2, 0.25) is 5.91 Å². The van der Waals surface area contributed by atoms with Crippen LogP contribution in [0.15, 0.2) is 47.1 Å². The van der Waals surface area contributed by atoms with E-state index in [1.165, 1.54) is 5.56 Å². The van der Waals surface area contributed by atoms with Crippen LogP contribution >= 0.6 is 0 Å². The van der Waals surface area contributed by atoms with E-state index < -0.39 is 0 Å². The molecule has 1 atom stereocenters. The summed E-state index contributed by atoms with van der Waals surface area (Å²) >= 11 is 0. The Morgan fingerprint density at radius 2 is 1.92 bits per heavy atom. The van der Waals surface area contributed by atoms with Gasteiger partial charge >= 0.3 is 6.03 Å². The highest BCUT2D eigenvalue weighted by Crippen LogP contribution is 2.13. The summed E-state index contributed by atoms with van der Waals surface area (Å²) in [6.07, 6.45) is 3.18. The summed E-state index contributed by atoms with van der Waals surface area (Å²) < 4.78 is 10.2. The summed E-state index contributed by atoms with van der Waals surface area (Å²) in [7, 11) is 1.64. The van der Waals surface area contributed by atoms with Gasteiger partial charge in [-0.3, -0.25) is 4.79 Å². The van der Waals surface area contributed by atoms with E-state index in [9.17, 15) is 9.59 Å². The summed E-state index contributed by atoms with van der Waals surface area (Å²) in [5.41, 5.74) is 1.18. The van der Waals surface area contributed by atoms with Crippen LogP contribution in [0.25, 0.3) is 0 Å². The highest BCUT2D eigenvalue weighted by molar-refractivity contribution is 5.83. The number of hydrogen-bond acceptors (Lipinski definition) is 4. The molecule has 1 aromatic heterocycles. The molecule has 0 spiro atoms. The predicted molar refractivity (Wildman–Crippen MR) is 97.9 cm³/mol. The van der Waals surface area contributed by atoms with Crippen molar-refractivity contribution in [3.63, 3.8) is 0 Å². The van der Waals surface area contributed by atoms with E-state index in [0.29, 0.717) is 12.3 Å². The van der Waals surface area contributed by atoms with Gasteiger partial charge in [-0.1, -0.05) is 12.1 Å². The van der Waals surface area contributed by atoms with Gasteiger partial charge in [0.1, 0.15) is 11.5 Å². The lowest BCUT2D eigenvalue weighted by molar-refractivity contribution is -0.120. The Bertz CT molecular complexity index is 683. The zero-order valence-electron chi connectivity index (χ0n) is 15.1. The molecule has 3 amide bonds. The van der Waals surface area contributed by atoms with Gasteiger partial charge in [-0.25, -0.2) is 4.79 Å². The molecule has 0 fully saturated rings. The van der Waals surface area contributed by atoms with Gasteiger partial charge in [-0.15, -0.1) is 0 Å². The molecule has 1 heterocycles. The smallest absolute Gasteiger partial charge is 0.315 e. The van der Waals surface area contributed by atoms with Crippen molar-refractivity contribution >= 4 is 11.9 Å². The zero-order chi connectivity index (χ0) is 18.8. The quantitative estimate of drug-likeness (QED) is 0.640. The number of urea groups is 1. The molecule has 3 N–H and O–H groups in total. The lowest BCUT2D eigenvalue weighted by Gasteiger charge is -2.14. The van der Waals surface area contributed by atoms with Gasteiger partial charge in [0.05, 0.1) is 26.5 Å². The number of rotatable bonds is 9. The molecule has 0 saturated heterocycles. The minimum absolute atomic E-state index is 0.0109. The molecule has 2 rings (SSSR count). The van der Waals surface area contributed by atoms with Crippen molar-refractivity contribution in [2.45, 2.75) is 32.4 Å². The predicted octanol–water partition coefficient (Wildman–Crippen LogP) is 2.22. The average Bonchev–Trinajstić information content (AvgIpc) is 3.17. The SMILES string of the molecule is COc1ccc(CCC(C)NC(=O)NCC(=O)NCc2ccco2)cc1. The van der Waals surface area contributed by atoms with Crippen LogP contribution in [-0.2, 0) is 17.8 Å². The molecule has 140 valence electrons. The fourth-order valence-electron chi connectivity index (χ4n) is 2.34. The molecule has 0 saturated carbocycles. The molecule has 1 aromatic carbocycles. The fraction of sp³-hybridized carbons (Fsp3) is 0.368. The normalized spacial score (nSPS) is 11.5. The van der Waals surface area contributed by atoms with E-state index in [-0.39, 0.29) is 24.5 Å². The van der Waals surface area contributed by atoms with Crippen LogP contribution in [0.4, 0.5) is 4.79 Å². The Balaban J connectivity index is 1.60. The number of ether oxygens (including phenoxy) is 1. The fourth-order valence-corrected chi connectivity index (χ4v) is 2.34. The van der Waals surface area contributed by atoms with Crippen LogP contribution in [-0.4, -0.2) is 31.6 Å². The minimum Gasteiger partial charge on any atom is -0.497 e. The Labute approximate surface area is 153 Å². The second-order valence-electron chi connectivity index (χ2n) is 5.97. The Morgan fingerprint density at radius 3 is 2.58 bits per heavy atom. The number of furan rings is 1. The molecule has 2 aromatic rings. The number of methoxy groups -OCH3 is 1. The molecule has 0 bridgehead atoms. The van der Waals surface area contributed by atoms with E-state index in [0.717, 1.165) is 18.6 Å². The van der Waals surface area contributed by atoms with Gasteiger partial charge in [-0.05, 0) is 49.6 Å². The van der Waals surface area contributed by atoms with Crippen LogP contribution in [0, 0.1) is 0 Å². The van der Waals surface area contributed by atoms with Gasteiger partial charge in [0.25, 0.3) is 0 Å². The van der Waals surface area contributed by atoms with Crippen LogP contribution < -0.4 is 20.7 Å². The number of hydrogen-bond donors (Lipinski definition) is 3. The number of aryl methyl sites for hydroxylation is 1. The average molecular weight is 359 g/mol. The van der Waals surface area contributed by atoms with Crippen molar-refractivity contribution in [3.05, 3.63) is 54.0 Å². The third-order valence-corrected chi connectivity index (χ3v) is 3.85. The largest absolute Gasteiger partial charge is 0.497 e. The first-order valence-corrected chi connectivity index (χ1v) is 8.53. The van der Waals surface area contributed by atoms with Crippen molar-refractivity contribution in [3.8, 4) is 5.75 Å². The zero-order valence-corrected chi connectivity index (χ0v) is 15.1. The number of carbonyl (C=O) groups is 2. The van der Waals surface area contributed by atoms with E-state index >= 15 is 0 Å². The maximum atomic E-state index is 11.8. The highest BCUT2D eigenvalue weighted by atomic mass is 16.5. The summed E-state index contributed by atoms with van der Waals surface area (Å²) in [6, 6.07) is 11.0. The van der Waals surface area contributed by atoms with Crippen molar-refractivity contribution < 1.29 is 18.7 Å². The van der Waals surface area contributed by atoms with Crippen LogP contribution in [0.3, 0.4) is 0 Å². The van der Waals surface area contributed by atoms with E-state index in [4.69, 9.17) is 9.15 Å². The first-order valence-electron chi connectivity index (χ1n) is 8.53. The molecule has 7 heteroatoms. The maximum absolute atomic E-state index is 11.8. The van der Waals surface area contributed by atoms with E-state index in [1.54, 1.807) is 25.5 Å². The Hall–Kier alpha value is -2.96. The number of benzene rings is 1. The number of nitrogens with one attached hydrogen (secondary N) is 3. The highest BCUT2D eigenvalue weighted by Gasteiger charge is 2.09. The van der Waals surface area contributed by atoms with Gasteiger partial charge in [0.15, 0.2) is 0 Å². The monoisotopic (exact) mass is 359 g/mol. The molecule has 0 aliphatic carbocycles.